The minimum Gasteiger partial charge on any atom is -0.367 e. The Morgan fingerprint density at radius 3 is 2.49 bits per heavy atom. The molecule has 1 saturated carbocycles. The van der Waals surface area contributed by atoms with Gasteiger partial charge in [0.05, 0.1) is 5.56 Å². The number of nitrogens with one attached hydrogen (secondary N) is 2. The lowest BCUT2D eigenvalue weighted by molar-refractivity contribution is -0.137. The maximum absolute atomic E-state index is 12.7. The second kappa shape index (κ2) is 9.97. The third-order valence-corrected chi connectivity index (χ3v) is 8.13. The van der Waals surface area contributed by atoms with Crippen LogP contribution in [0.5, 0.6) is 0 Å². The fraction of sp³-hybridized carbons (Fsp3) is 0.385. The standard InChI is InChI=1S/C26H27F3N4OS/c27-26(28,29)18-1-10-24(31-15-18)32-19-2-6-21(7-3-19)35-22-8-4-20(5-9-22)33-14-12-17-11-13-30-25(34)23(17)16-33/h1,4-5,8-11,13,15,19,21H,2-3,6-7,12,14,16H2,(H,30,34)(H,31,32). The van der Waals surface area contributed by atoms with Gasteiger partial charge in [0.1, 0.15) is 5.82 Å². The molecule has 1 aromatic carbocycles. The van der Waals surface area contributed by atoms with Crippen LogP contribution in [-0.2, 0) is 19.1 Å². The smallest absolute Gasteiger partial charge is 0.367 e. The summed E-state index contributed by atoms with van der Waals surface area (Å²) in [5.74, 6) is 0.493. The summed E-state index contributed by atoms with van der Waals surface area (Å²) in [7, 11) is 0. The number of pyridine rings is 2. The van der Waals surface area contributed by atoms with Gasteiger partial charge in [-0.05, 0) is 80.1 Å². The molecule has 184 valence electrons. The van der Waals surface area contributed by atoms with Crippen LogP contribution in [0.3, 0.4) is 0 Å². The van der Waals surface area contributed by atoms with E-state index in [0.29, 0.717) is 17.6 Å². The molecule has 5 nitrogen and oxygen atoms in total. The van der Waals surface area contributed by atoms with Crippen molar-refractivity contribution < 1.29 is 13.2 Å². The number of alkyl halides is 3. The lowest BCUT2D eigenvalue weighted by Crippen LogP contribution is -2.34. The molecule has 0 spiro atoms. The molecular weight excluding hydrogens is 473 g/mol. The van der Waals surface area contributed by atoms with Crippen molar-refractivity contribution >= 4 is 23.3 Å². The number of hydrogen-bond donors (Lipinski definition) is 2. The van der Waals surface area contributed by atoms with Gasteiger partial charge in [-0.1, -0.05) is 0 Å². The van der Waals surface area contributed by atoms with Crippen LogP contribution < -0.4 is 15.8 Å². The molecule has 9 heteroatoms. The normalized spacial score (nSPS) is 20.4. The predicted octanol–water partition coefficient (Wildman–Crippen LogP) is 5.87. The van der Waals surface area contributed by atoms with E-state index in [9.17, 15) is 18.0 Å². The number of thioether (sulfide) groups is 1. The van der Waals surface area contributed by atoms with Crippen LogP contribution in [0.1, 0.15) is 42.4 Å². The van der Waals surface area contributed by atoms with Crippen molar-refractivity contribution in [1.82, 2.24) is 9.97 Å². The third kappa shape index (κ3) is 5.66. The van der Waals surface area contributed by atoms with Crippen molar-refractivity contribution in [2.75, 3.05) is 16.8 Å². The number of H-pyrrole nitrogens is 1. The molecule has 0 saturated heterocycles. The van der Waals surface area contributed by atoms with Crippen LogP contribution in [0.2, 0.25) is 0 Å². The number of fused-ring (bicyclic) bond motifs is 1. The van der Waals surface area contributed by atoms with Gasteiger partial charge in [0.25, 0.3) is 5.56 Å². The van der Waals surface area contributed by atoms with Gasteiger partial charge in [-0.2, -0.15) is 13.2 Å². The molecule has 3 aromatic rings. The molecule has 3 heterocycles. The first-order chi connectivity index (χ1) is 16.8. The Morgan fingerprint density at radius 1 is 1.03 bits per heavy atom. The summed E-state index contributed by atoms with van der Waals surface area (Å²) in [6.45, 7) is 1.52. The maximum Gasteiger partial charge on any atom is 0.417 e. The Balaban J connectivity index is 1.11. The largest absolute Gasteiger partial charge is 0.417 e. The van der Waals surface area contributed by atoms with Crippen LogP contribution in [0.25, 0.3) is 0 Å². The molecule has 2 aliphatic rings. The highest BCUT2D eigenvalue weighted by atomic mass is 32.2. The summed E-state index contributed by atoms with van der Waals surface area (Å²) in [6.07, 6.45) is 3.10. The summed E-state index contributed by atoms with van der Waals surface area (Å²) < 4.78 is 38.1. The van der Waals surface area contributed by atoms with Gasteiger partial charge in [-0.25, -0.2) is 4.98 Å². The van der Waals surface area contributed by atoms with E-state index in [0.717, 1.165) is 67.7 Å². The molecular formula is C26H27F3N4OS. The molecule has 2 N–H and O–H groups in total. The molecule has 0 atom stereocenters. The number of rotatable bonds is 5. The van der Waals surface area contributed by atoms with Crippen LogP contribution in [0.4, 0.5) is 24.7 Å². The fourth-order valence-electron chi connectivity index (χ4n) is 4.81. The third-order valence-electron chi connectivity index (χ3n) is 6.78. The van der Waals surface area contributed by atoms with E-state index >= 15 is 0 Å². The Hall–Kier alpha value is -2.94. The zero-order valence-corrected chi connectivity index (χ0v) is 20.0. The summed E-state index contributed by atoms with van der Waals surface area (Å²) in [6, 6.07) is 13.3. The van der Waals surface area contributed by atoms with Crippen LogP contribution in [0.15, 0.2) is 64.5 Å². The Morgan fingerprint density at radius 2 is 1.80 bits per heavy atom. The van der Waals surface area contributed by atoms with Crippen molar-refractivity contribution in [3.8, 4) is 0 Å². The minimum atomic E-state index is -4.36. The van der Waals surface area contributed by atoms with Gasteiger partial charge in [-0.15, -0.1) is 11.8 Å². The number of aromatic amines is 1. The van der Waals surface area contributed by atoms with Gasteiger partial charge in [-0.3, -0.25) is 4.79 Å². The van der Waals surface area contributed by atoms with E-state index in [4.69, 9.17) is 0 Å². The van der Waals surface area contributed by atoms with Gasteiger partial charge in [0.2, 0.25) is 0 Å². The monoisotopic (exact) mass is 500 g/mol. The average molecular weight is 501 g/mol. The maximum atomic E-state index is 12.7. The van der Waals surface area contributed by atoms with Crippen molar-refractivity contribution in [2.45, 2.75) is 61.0 Å². The SMILES string of the molecule is O=c1[nH]ccc2c1CN(c1ccc(SC3CCC(Nc4ccc(C(F)(F)F)cn4)CC3)cc1)CC2. The Bertz CT molecular complexity index is 1200. The zero-order chi connectivity index (χ0) is 24.4. The number of anilines is 2. The van der Waals surface area contributed by atoms with E-state index in [2.05, 4.69) is 44.5 Å². The minimum absolute atomic E-state index is 0.00132. The van der Waals surface area contributed by atoms with Crippen molar-refractivity contribution in [1.29, 1.82) is 0 Å². The molecule has 0 unspecified atom stereocenters. The average Bonchev–Trinajstić information content (AvgIpc) is 2.86. The van der Waals surface area contributed by atoms with Crippen molar-refractivity contribution in [3.63, 3.8) is 0 Å². The summed E-state index contributed by atoms with van der Waals surface area (Å²) in [4.78, 5) is 22.3. The van der Waals surface area contributed by atoms with Gasteiger partial charge in [0, 0.05) is 52.9 Å². The Kier molecular flexibility index (Phi) is 6.77. The highest BCUT2D eigenvalue weighted by Crippen LogP contribution is 2.36. The molecule has 2 aromatic heterocycles. The van der Waals surface area contributed by atoms with Crippen LogP contribution in [0, 0.1) is 0 Å². The first-order valence-electron chi connectivity index (χ1n) is 11.9. The lowest BCUT2D eigenvalue weighted by Gasteiger charge is -2.31. The number of benzene rings is 1. The topological polar surface area (TPSA) is 61.0 Å². The van der Waals surface area contributed by atoms with E-state index in [1.54, 1.807) is 6.20 Å². The molecule has 1 aliphatic heterocycles. The van der Waals surface area contributed by atoms with Crippen molar-refractivity contribution in [3.05, 3.63) is 81.9 Å². The summed E-state index contributed by atoms with van der Waals surface area (Å²) in [5.41, 5.74) is 2.39. The van der Waals surface area contributed by atoms with Crippen LogP contribution >= 0.6 is 11.8 Å². The second-order valence-electron chi connectivity index (χ2n) is 9.14. The molecule has 0 radical (unpaired) electrons. The molecule has 1 fully saturated rings. The predicted molar refractivity (Wildman–Crippen MR) is 133 cm³/mol. The van der Waals surface area contributed by atoms with E-state index < -0.39 is 11.7 Å². The number of halogens is 3. The summed E-state index contributed by atoms with van der Waals surface area (Å²) >= 11 is 1.88. The first kappa shape index (κ1) is 23.8. The van der Waals surface area contributed by atoms with Crippen LogP contribution in [-0.4, -0.2) is 27.8 Å². The molecule has 0 bridgehead atoms. The van der Waals surface area contributed by atoms with Gasteiger partial charge < -0.3 is 15.2 Å². The number of nitrogens with zero attached hydrogens (tertiary/aromatic N) is 2. The highest BCUT2D eigenvalue weighted by Gasteiger charge is 2.31. The number of hydrogen-bond acceptors (Lipinski definition) is 5. The second-order valence-corrected chi connectivity index (χ2v) is 10.5. The first-order valence-corrected chi connectivity index (χ1v) is 12.7. The lowest BCUT2D eigenvalue weighted by atomic mass is 9.95. The fourth-order valence-corrected chi connectivity index (χ4v) is 6.00. The number of aromatic nitrogens is 2. The quantitative estimate of drug-likeness (QED) is 0.459. The summed E-state index contributed by atoms with van der Waals surface area (Å²) in [5, 5.41) is 3.79. The van der Waals surface area contributed by atoms with E-state index in [1.807, 2.05) is 17.8 Å². The van der Waals surface area contributed by atoms with E-state index in [-0.39, 0.29) is 11.6 Å². The zero-order valence-electron chi connectivity index (χ0n) is 19.1. The highest BCUT2D eigenvalue weighted by molar-refractivity contribution is 8.00. The van der Waals surface area contributed by atoms with E-state index in [1.165, 1.54) is 11.0 Å². The van der Waals surface area contributed by atoms with Gasteiger partial charge in [0.15, 0.2) is 0 Å². The molecule has 5 rings (SSSR count). The molecule has 35 heavy (non-hydrogen) atoms. The Labute approximate surface area is 206 Å². The molecule has 0 amide bonds. The molecule has 1 aliphatic carbocycles. The van der Waals surface area contributed by atoms with Gasteiger partial charge >= 0.3 is 6.18 Å². The van der Waals surface area contributed by atoms with Crippen molar-refractivity contribution in [2.24, 2.45) is 0 Å².